The topological polar surface area (TPSA) is 139 Å². The van der Waals surface area contributed by atoms with Gasteiger partial charge in [0.1, 0.15) is 10.5 Å². The normalized spacial score (nSPS) is 18.4. The number of carboxylic acids is 1. The first-order valence-electron chi connectivity index (χ1n) is 14.6. The fraction of sp³-hybridized carbons (Fsp3) is 0.419. The summed E-state index contributed by atoms with van der Waals surface area (Å²) in [5, 5.41) is 20.6. The molecular formula is C31H33F3N6O5S. The average molecular weight is 659 g/mol. The van der Waals surface area contributed by atoms with Gasteiger partial charge in [-0.1, -0.05) is 18.2 Å². The SMILES string of the molecule is Cc1cnc2c(c1)S(=O)(=O)N(Cc1cc([C@@H](c3ccn4c(C(F)(F)F)nnc4c3C)C(C)(C)C(=O)O)ccc1C)CC1(CNC1)O2. The molecule has 2 N–H and O–H groups in total. The van der Waals surface area contributed by atoms with Gasteiger partial charge in [-0.2, -0.15) is 17.5 Å². The maximum atomic E-state index is 14.1. The molecule has 1 fully saturated rings. The number of aliphatic carboxylic acids is 1. The lowest BCUT2D eigenvalue weighted by Gasteiger charge is -2.42. The van der Waals surface area contributed by atoms with E-state index in [0.717, 1.165) is 9.96 Å². The summed E-state index contributed by atoms with van der Waals surface area (Å²) >= 11 is 0. The Bertz CT molecular complexity index is 1990. The van der Waals surface area contributed by atoms with Crippen LogP contribution in [-0.4, -0.2) is 68.6 Å². The molecule has 5 heterocycles. The molecule has 0 bridgehead atoms. The number of aromatic nitrogens is 4. The van der Waals surface area contributed by atoms with Crippen LogP contribution in [0.5, 0.6) is 5.88 Å². The lowest BCUT2D eigenvalue weighted by molar-refractivity contribution is -0.147. The van der Waals surface area contributed by atoms with E-state index in [9.17, 15) is 31.5 Å². The van der Waals surface area contributed by atoms with Crippen molar-refractivity contribution in [2.75, 3.05) is 19.6 Å². The molecule has 15 heteroatoms. The Labute approximate surface area is 263 Å². The van der Waals surface area contributed by atoms with Crippen LogP contribution < -0.4 is 10.1 Å². The van der Waals surface area contributed by atoms with Gasteiger partial charge in [0, 0.05) is 37.9 Å². The van der Waals surface area contributed by atoms with Crippen molar-refractivity contribution in [3.8, 4) is 5.88 Å². The van der Waals surface area contributed by atoms with Gasteiger partial charge in [0.05, 0.1) is 12.0 Å². The minimum absolute atomic E-state index is 0.0227. The van der Waals surface area contributed by atoms with Crippen molar-refractivity contribution in [1.29, 1.82) is 0 Å². The molecular weight excluding hydrogens is 625 g/mol. The summed E-state index contributed by atoms with van der Waals surface area (Å²) < 4.78 is 77.2. The second-order valence-corrected chi connectivity index (χ2v) is 14.6. The molecule has 4 aromatic rings. The first kappa shape index (κ1) is 31.9. The number of pyridine rings is 2. The highest BCUT2D eigenvalue weighted by Gasteiger charge is 2.48. The van der Waals surface area contributed by atoms with E-state index in [-0.39, 0.29) is 29.5 Å². The number of nitrogens with zero attached hydrogens (tertiary/aromatic N) is 5. The van der Waals surface area contributed by atoms with E-state index in [1.165, 1.54) is 22.6 Å². The average Bonchev–Trinajstić information content (AvgIpc) is 3.37. The summed E-state index contributed by atoms with van der Waals surface area (Å²) in [7, 11) is -4.06. The summed E-state index contributed by atoms with van der Waals surface area (Å²) in [6.07, 6.45) is -1.98. The molecule has 0 aliphatic carbocycles. The van der Waals surface area contributed by atoms with E-state index < -0.39 is 44.9 Å². The van der Waals surface area contributed by atoms with E-state index in [1.807, 2.05) is 6.92 Å². The van der Waals surface area contributed by atoms with Crippen LogP contribution in [0.1, 0.15) is 59.0 Å². The van der Waals surface area contributed by atoms with Crippen molar-refractivity contribution in [2.45, 2.75) is 63.8 Å². The zero-order valence-electron chi connectivity index (χ0n) is 25.8. The number of hydrogen-bond donors (Lipinski definition) is 2. The van der Waals surface area contributed by atoms with Crippen molar-refractivity contribution < 1.29 is 36.2 Å². The van der Waals surface area contributed by atoms with Gasteiger partial charge in [0.15, 0.2) is 5.65 Å². The molecule has 1 spiro atoms. The Morgan fingerprint density at radius 3 is 2.48 bits per heavy atom. The van der Waals surface area contributed by atoms with Crippen LogP contribution in [0.25, 0.3) is 5.65 Å². The lowest BCUT2D eigenvalue weighted by Crippen LogP contribution is -2.67. The predicted octanol–water partition coefficient (Wildman–Crippen LogP) is 4.24. The molecule has 0 radical (unpaired) electrons. The third kappa shape index (κ3) is 5.19. The number of carbonyl (C=O) groups is 1. The van der Waals surface area contributed by atoms with Crippen molar-refractivity contribution in [3.05, 3.63) is 81.9 Å². The molecule has 2 aliphatic rings. The fourth-order valence-electron chi connectivity index (χ4n) is 6.25. The summed E-state index contributed by atoms with van der Waals surface area (Å²) in [4.78, 5) is 16.9. The van der Waals surface area contributed by atoms with Crippen LogP contribution in [0, 0.1) is 26.2 Å². The number of nitrogens with one attached hydrogen (secondary N) is 1. The van der Waals surface area contributed by atoms with Gasteiger partial charge in [0.25, 0.3) is 0 Å². The highest BCUT2D eigenvalue weighted by Crippen LogP contribution is 2.44. The zero-order chi connectivity index (χ0) is 33.4. The fourth-order valence-corrected chi connectivity index (χ4v) is 7.89. The molecule has 3 aromatic heterocycles. The number of hydrogen-bond acceptors (Lipinski definition) is 8. The van der Waals surface area contributed by atoms with Crippen molar-refractivity contribution in [3.63, 3.8) is 0 Å². The van der Waals surface area contributed by atoms with E-state index in [2.05, 4.69) is 20.5 Å². The van der Waals surface area contributed by atoms with Crippen LogP contribution in [0.2, 0.25) is 0 Å². The number of benzene rings is 1. The smallest absolute Gasteiger partial charge is 0.452 e. The van der Waals surface area contributed by atoms with Crippen LogP contribution in [0.15, 0.2) is 47.6 Å². The van der Waals surface area contributed by atoms with Crippen LogP contribution in [0.4, 0.5) is 13.2 Å². The number of aryl methyl sites for hydroxylation is 3. The Balaban J connectivity index is 1.46. The summed E-state index contributed by atoms with van der Waals surface area (Å²) in [6, 6.07) is 8.35. The van der Waals surface area contributed by atoms with Gasteiger partial charge < -0.3 is 15.2 Å². The summed E-state index contributed by atoms with van der Waals surface area (Å²) in [6.45, 7) is 9.17. The molecule has 0 amide bonds. The highest BCUT2D eigenvalue weighted by atomic mass is 32.2. The van der Waals surface area contributed by atoms with E-state index >= 15 is 0 Å². The first-order valence-corrected chi connectivity index (χ1v) is 16.0. The quantitative estimate of drug-likeness (QED) is 0.312. The van der Waals surface area contributed by atoms with Crippen molar-refractivity contribution >= 4 is 21.6 Å². The molecule has 11 nitrogen and oxygen atoms in total. The number of halogens is 3. The van der Waals surface area contributed by atoms with Gasteiger partial charge >= 0.3 is 12.1 Å². The molecule has 244 valence electrons. The van der Waals surface area contributed by atoms with Crippen LogP contribution in [-0.2, 0) is 27.5 Å². The number of ether oxygens (including phenoxy) is 1. The number of alkyl halides is 3. The minimum Gasteiger partial charge on any atom is -0.481 e. The number of carboxylic acid groups (broad SMARTS) is 1. The second kappa shape index (κ2) is 10.7. The third-order valence-electron chi connectivity index (χ3n) is 9.00. The molecule has 1 atom stereocenters. The maximum Gasteiger partial charge on any atom is 0.452 e. The zero-order valence-corrected chi connectivity index (χ0v) is 26.6. The monoisotopic (exact) mass is 658 g/mol. The highest BCUT2D eigenvalue weighted by molar-refractivity contribution is 7.89. The van der Waals surface area contributed by atoms with Crippen LogP contribution >= 0.6 is 0 Å². The minimum atomic E-state index is -4.74. The largest absolute Gasteiger partial charge is 0.481 e. The molecule has 2 aliphatic heterocycles. The standard InChI is InChI=1S/C31H33F3N6O5S/c1-17-10-23-26(36-12-17)45-30(14-35-15-30)16-39(46(23,43)44)13-21-11-20(7-6-18(21)2)24(29(4,5)28(41)42)22-8-9-40-25(19(22)3)37-38-27(40)31(32,33)34/h6-12,24,35H,13-16H2,1-5H3,(H,41,42)/t24-/m0/s1. The Morgan fingerprint density at radius 1 is 1.13 bits per heavy atom. The molecule has 1 saturated heterocycles. The van der Waals surface area contributed by atoms with Gasteiger partial charge in [0.2, 0.25) is 21.7 Å². The van der Waals surface area contributed by atoms with Gasteiger partial charge in [-0.05, 0) is 80.1 Å². The van der Waals surface area contributed by atoms with Gasteiger partial charge in [-0.3, -0.25) is 9.20 Å². The van der Waals surface area contributed by atoms with E-state index in [1.54, 1.807) is 52.1 Å². The first-order chi connectivity index (χ1) is 21.4. The summed E-state index contributed by atoms with van der Waals surface area (Å²) in [5.74, 6) is -3.10. The van der Waals surface area contributed by atoms with Gasteiger partial charge in [-0.15, -0.1) is 10.2 Å². The maximum absolute atomic E-state index is 14.1. The molecule has 0 saturated carbocycles. The lowest BCUT2D eigenvalue weighted by atomic mass is 9.70. The molecule has 46 heavy (non-hydrogen) atoms. The molecule has 0 unspecified atom stereocenters. The number of rotatable bonds is 6. The second-order valence-electron chi connectivity index (χ2n) is 12.7. The van der Waals surface area contributed by atoms with E-state index in [4.69, 9.17) is 4.74 Å². The summed E-state index contributed by atoms with van der Waals surface area (Å²) in [5.41, 5.74) is 1.15. The molecule has 6 rings (SSSR count). The predicted molar refractivity (Wildman–Crippen MR) is 160 cm³/mol. The van der Waals surface area contributed by atoms with E-state index in [0.29, 0.717) is 40.9 Å². The van der Waals surface area contributed by atoms with Crippen LogP contribution in [0.3, 0.4) is 0 Å². The number of fused-ring (bicyclic) bond motifs is 2. The van der Waals surface area contributed by atoms with Crippen molar-refractivity contribution in [1.82, 2.24) is 29.2 Å². The molecule has 1 aromatic carbocycles. The number of sulfonamides is 1. The Kier molecular flexibility index (Phi) is 7.44. The van der Waals surface area contributed by atoms with Gasteiger partial charge in [-0.25, -0.2) is 13.4 Å². The van der Waals surface area contributed by atoms with Crippen molar-refractivity contribution in [2.24, 2.45) is 5.41 Å². The Hall–Kier alpha value is -4.08. The Morgan fingerprint density at radius 2 is 1.85 bits per heavy atom. The third-order valence-corrected chi connectivity index (χ3v) is 10.8.